The average molecular weight is 742 g/mol. The largest absolute Gasteiger partial charge is 0.508 e. The Balaban J connectivity index is 1.13. The number of carboxylic acid groups (broad SMARTS) is 1. The number of carboxylic acids is 1. The Hall–Kier alpha value is -5.31. The minimum Gasteiger partial charge on any atom is -0.508 e. The number of phenols is 1. The van der Waals surface area contributed by atoms with Gasteiger partial charge >= 0.3 is 23.8 Å². The molecule has 6 rings (SSSR count). The summed E-state index contributed by atoms with van der Waals surface area (Å²) in [4.78, 5) is 81.4. The van der Waals surface area contributed by atoms with Crippen LogP contribution in [0.25, 0.3) is 5.95 Å². The van der Waals surface area contributed by atoms with Crippen molar-refractivity contribution in [3.05, 3.63) is 47.3 Å². The zero-order chi connectivity index (χ0) is 36.8. The van der Waals surface area contributed by atoms with Gasteiger partial charge in [0.05, 0.1) is 5.69 Å². The lowest BCUT2D eigenvalue weighted by atomic mass is 9.89. The molecule has 6 N–H and O–H groups in total. The number of carbonyl (C=O) groups excluding carboxylic acids is 5. The predicted octanol–water partition coefficient (Wildman–Crippen LogP) is -0.795. The number of urea groups is 1. The summed E-state index contributed by atoms with van der Waals surface area (Å²) in [7, 11) is 0. The maximum absolute atomic E-state index is 13.7. The van der Waals surface area contributed by atoms with Crippen molar-refractivity contribution in [1.82, 2.24) is 50.0 Å². The fraction of sp³-hybridized carbons (Fsp3) is 0.433. The molecule has 19 nitrogen and oxygen atoms in total. The molecule has 5 heterocycles. The molecule has 6 amide bonds. The number of nitrogens with two attached hydrogens (primary N) is 1. The minimum absolute atomic E-state index is 0.0119. The maximum Gasteiger partial charge on any atom is 0.325 e. The van der Waals surface area contributed by atoms with Crippen LogP contribution in [0.5, 0.6) is 5.75 Å². The minimum atomic E-state index is -1.41. The number of fused-ring (bicyclic) bond motifs is 1. The molecule has 1 aromatic carbocycles. The van der Waals surface area contributed by atoms with Gasteiger partial charge in [-0.05, 0) is 44.5 Å². The average Bonchev–Trinajstić information content (AvgIpc) is 3.64. The fourth-order valence-electron chi connectivity index (χ4n) is 6.03. The van der Waals surface area contributed by atoms with Crippen molar-refractivity contribution in [2.24, 2.45) is 5.41 Å². The van der Waals surface area contributed by atoms with Gasteiger partial charge in [-0.25, -0.2) is 14.2 Å². The van der Waals surface area contributed by atoms with E-state index in [2.05, 4.69) is 25.9 Å². The molecule has 3 aliphatic heterocycles. The molecule has 0 radical (unpaired) electrons. The molecular weight excluding hydrogens is 707 g/mol. The van der Waals surface area contributed by atoms with Gasteiger partial charge in [0, 0.05) is 43.4 Å². The number of amides is 6. The molecule has 2 aromatic heterocycles. The maximum atomic E-state index is 13.7. The van der Waals surface area contributed by atoms with Crippen molar-refractivity contribution in [1.29, 1.82) is 0 Å². The number of β-lactam (4-membered cyclic amide) rings is 1. The highest BCUT2D eigenvalue weighted by molar-refractivity contribution is 8.00. The third-order valence-electron chi connectivity index (χ3n) is 8.91. The number of aromatic hydroxyl groups is 1. The lowest BCUT2D eigenvalue weighted by Crippen LogP contribution is -2.74. The van der Waals surface area contributed by atoms with Crippen LogP contribution in [0.1, 0.15) is 29.9 Å². The van der Waals surface area contributed by atoms with E-state index in [0.29, 0.717) is 6.54 Å². The van der Waals surface area contributed by atoms with Crippen LogP contribution in [-0.4, -0.2) is 134 Å². The number of thioether (sulfide) groups is 2. The number of rotatable bonds is 10. The summed E-state index contributed by atoms with van der Waals surface area (Å²) in [5, 5.41) is 37.5. The zero-order valence-corrected chi connectivity index (χ0v) is 29.3. The summed E-state index contributed by atoms with van der Waals surface area (Å²) in [6.45, 7) is 5.56. The van der Waals surface area contributed by atoms with Crippen molar-refractivity contribution in [2.75, 3.05) is 43.5 Å². The standard InChI is InChI=1S/C30H35N11O8S2/c1-4-37-9-10-38(24(46)23(37)45)28(49)33-19(17-5-7-18(42)8-6-17)21(43)32-20-22(44)39-12-30(26(47)48,13-50-25(20)39)14-51-29-35-34-27(40(29)31)41-16(3)11-15(2)36-41/h5-8,11,19-20,25,42H,4,9-10,12-14,31H2,1-3H3,(H,32,43)(H,33,49)(H,47,48)/t19?,20?,25-,30?/m1/s1. The van der Waals surface area contributed by atoms with Crippen LogP contribution in [0.4, 0.5) is 4.79 Å². The number of nitrogens with zero attached hydrogens (tertiary/aromatic N) is 8. The van der Waals surface area contributed by atoms with Crippen molar-refractivity contribution in [3.8, 4) is 11.7 Å². The van der Waals surface area contributed by atoms with E-state index < -0.39 is 58.5 Å². The van der Waals surface area contributed by atoms with E-state index in [1.807, 2.05) is 19.9 Å². The number of hydrogen-bond donors (Lipinski definition) is 5. The van der Waals surface area contributed by atoms with Crippen molar-refractivity contribution >= 4 is 59.2 Å². The van der Waals surface area contributed by atoms with E-state index in [1.54, 1.807) is 6.92 Å². The number of piperazine rings is 1. The van der Waals surface area contributed by atoms with Gasteiger partial charge in [-0.1, -0.05) is 23.9 Å². The van der Waals surface area contributed by atoms with Gasteiger partial charge < -0.3 is 36.5 Å². The summed E-state index contributed by atoms with van der Waals surface area (Å²) < 4.78 is 2.75. The Kier molecular flexibility index (Phi) is 9.59. The second kappa shape index (κ2) is 13.8. The van der Waals surface area contributed by atoms with E-state index in [9.17, 15) is 39.0 Å². The number of benzene rings is 1. The van der Waals surface area contributed by atoms with E-state index in [1.165, 1.54) is 55.2 Å². The highest BCUT2D eigenvalue weighted by Crippen LogP contribution is 2.44. The van der Waals surface area contributed by atoms with Gasteiger partial charge in [-0.15, -0.1) is 22.0 Å². The molecule has 3 saturated heterocycles. The quantitative estimate of drug-likeness (QED) is 0.0739. The number of aryl methyl sites for hydroxylation is 2. The number of aromatic nitrogens is 5. The van der Waals surface area contributed by atoms with Crippen molar-refractivity contribution in [3.63, 3.8) is 0 Å². The Labute approximate surface area is 298 Å². The van der Waals surface area contributed by atoms with Crippen LogP contribution >= 0.6 is 23.5 Å². The van der Waals surface area contributed by atoms with E-state index >= 15 is 0 Å². The number of carbonyl (C=O) groups is 6. The molecule has 3 aliphatic rings. The van der Waals surface area contributed by atoms with Crippen LogP contribution in [-0.2, 0) is 24.0 Å². The van der Waals surface area contributed by atoms with Crippen molar-refractivity contribution in [2.45, 2.75) is 43.4 Å². The van der Waals surface area contributed by atoms with E-state index in [4.69, 9.17) is 5.84 Å². The molecule has 3 fully saturated rings. The molecule has 3 unspecified atom stereocenters. The Bertz CT molecular complexity index is 1920. The van der Waals surface area contributed by atoms with E-state index in [0.717, 1.165) is 28.0 Å². The van der Waals surface area contributed by atoms with E-state index in [-0.39, 0.29) is 53.6 Å². The number of nitrogen functional groups attached to an aromatic ring is 1. The normalized spacial score (nSPS) is 22.3. The lowest BCUT2D eigenvalue weighted by Gasteiger charge is -2.53. The molecule has 270 valence electrons. The number of aliphatic carboxylic acids is 1. The fourth-order valence-corrected chi connectivity index (χ4v) is 8.74. The highest BCUT2D eigenvalue weighted by Gasteiger charge is 2.58. The summed E-state index contributed by atoms with van der Waals surface area (Å²) in [5.41, 5.74) is 0.398. The lowest BCUT2D eigenvalue weighted by molar-refractivity contribution is -0.157. The Morgan fingerprint density at radius 2 is 1.84 bits per heavy atom. The second-order valence-corrected chi connectivity index (χ2v) is 14.4. The molecule has 0 spiro atoms. The summed E-state index contributed by atoms with van der Waals surface area (Å²) in [5.74, 6) is 2.20. The first-order valence-corrected chi connectivity index (χ1v) is 17.8. The van der Waals surface area contributed by atoms with Gasteiger partial charge in [0.15, 0.2) is 0 Å². The van der Waals surface area contributed by atoms with Crippen molar-refractivity contribution < 1.29 is 39.0 Å². The van der Waals surface area contributed by atoms with Crippen LogP contribution < -0.4 is 16.5 Å². The number of phenolic OH excluding ortho intramolecular Hbond substituents is 1. The van der Waals surface area contributed by atoms with Gasteiger partial charge in [-0.2, -0.15) is 5.10 Å². The molecular formula is C30H35N11O8S2. The number of hydrogen-bond acceptors (Lipinski definition) is 13. The van der Waals surface area contributed by atoms with Gasteiger partial charge in [0.25, 0.3) is 5.95 Å². The molecule has 21 heteroatoms. The topological polar surface area (TPSA) is 251 Å². The molecule has 51 heavy (non-hydrogen) atoms. The summed E-state index contributed by atoms with van der Waals surface area (Å²) >= 11 is 2.27. The number of likely N-dealkylation sites (N-methyl/N-ethyl adjacent to an activating group) is 1. The zero-order valence-electron chi connectivity index (χ0n) is 27.7. The third-order valence-corrected chi connectivity index (χ3v) is 11.7. The van der Waals surface area contributed by atoms with Crippen LogP contribution in [0.15, 0.2) is 35.5 Å². The van der Waals surface area contributed by atoms with Gasteiger partial charge in [0.2, 0.25) is 17.0 Å². The Morgan fingerprint density at radius 1 is 1.12 bits per heavy atom. The molecule has 0 saturated carbocycles. The monoisotopic (exact) mass is 741 g/mol. The van der Waals surface area contributed by atoms with Crippen LogP contribution in [0.3, 0.4) is 0 Å². The second-order valence-electron chi connectivity index (χ2n) is 12.3. The summed E-state index contributed by atoms with van der Waals surface area (Å²) in [6.07, 6.45) is 0. The molecule has 3 aromatic rings. The predicted molar refractivity (Wildman–Crippen MR) is 181 cm³/mol. The Morgan fingerprint density at radius 3 is 2.49 bits per heavy atom. The summed E-state index contributed by atoms with van der Waals surface area (Å²) in [6, 6.07) is 3.82. The molecule has 4 atom stereocenters. The van der Waals surface area contributed by atoms with Crippen LogP contribution in [0.2, 0.25) is 0 Å². The molecule has 0 bridgehead atoms. The highest BCUT2D eigenvalue weighted by atomic mass is 32.2. The van der Waals surface area contributed by atoms with Gasteiger partial charge in [-0.3, -0.25) is 28.9 Å². The first-order chi connectivity index (χ1) is 24.2. The first-order valence-electron chi connectivity index (χ1n) is 15.8. The number of nitrogens with one attached hydrogen (secondary N) is 2. The SMILES string of the molecule is CCN1CCN(C(=O)NC(C(=O)NC2C(=O)N3CC(CSc4nnc(-n5nc(C)cc5C)n4N)(C(=O)O)CS[C@H]23)c2ccc(O)cc2)C(=O)C1=O. The third kappa shape index (κ3) is 6.53. The smallest absolute Gasteiger partial charge is 0.325 e. The van der Waals surface area contributed by atoms with Crippen LogP contribution in [0, 0.1) is 19.3 Å². The molecule has 0 aliphatic carbocycles. The van der Waals surface area contributed by atoms with Gasteiger partial charge in [0.1, 0.15) is 28.6 Å². The number of imide groups is 1. The first kappa shape index (κ1) is 35.5.